The Hall–Kier alpha value is -1.95. The number of fused-ring (bicyclic) bond motifs is 1. The van der Waals surface area contributed by atoms with E-state index in [1.807, 2.05) is 26.0 Å². The van der Waals surface area contributed by atoms with E-state index in [2.05, 4.69) is 29.1 Å². The number of carbonyl (C=O) groups is 1. The number of thioether (sulfide) groups is 1. The van der Waals surface area contributed by atoms with Crippen LogP contribution in [0.5, 0.6) is 5.75 Å². The van der Waals surface area contributed by atoms with Crippen LogP contribution in [0.2, 0.25) is 0 Å². The molecule has 1 amide bonds. The zero-order valence-electron chi connectivity index (χ0n) is 16.9. The highest BCUT2D eigenvalue weighted by Gasteiger charge is 2.32. The summed E-state index contributed by atoms with van der Waals surface area (Å²) in [4.78, 5) is 12.4. The van der Waals surface area contributed by atoms with Crippen LogP contribution in [0.15, 0.2) is 24.3 Å². The van der Waals surface area contributed by atoms with Crippen molar-refractivity contribution >= 4 is 23.5 Å². The van der Waals surface area contributed by atoms with E-state index in [9.17, 15) is 4.79 Å². The minimum atomic E-state index is 0.0606. The summed E-state index contributed by atoms with van der Waals surface area (Å²) in [6.07, 6.45) is 6.21. The maximum atomic E-state index is 12.4. The largest absolute Gasteiger partial charge is 0.491 e. The lowest BCUT2D eigenvalue weighted by molar-refractivity contribution is -0.113. The van der Waals surface area contributed by atoms with Crippen molar-refractivity contribution in [1.82, 2.24) is 9.78 Å². The first-order valence-corrected chi connectivity index (χ1v) is 11.3. The number of amides is 1. The summed E-state index contributed by atoms with van der Waals surface area (Å²) in [5.41, 5.74) is 3.35. The van der Waals surface area contributed by atoms with Gasteiger partial charge in [0.1, 0.15) is 11.6 Å². The first kappa shape index (κ1) is 19.4. The monoisotopic (exact) mass is 399 g/mol. The normalized spacial score (nSPS) is 20.6. The number of carbonyl (C=O) groups excluding carboxylic acids is 1. The van der Waals surface area contributed by atoms with Crippen LogP contribution in [0, 0.1) is 6.92 Å². The molecule has 150 valence electrons. The van der Waals surface area contributed by atoms with Gasteiger partial charge >= 0.3 is 0 Å². The van der Waals surface area contributed by atoms with E-state index >= 15 is 0 Å². The fourth-order valence-electron chi connectivity index (χ4n) is 4.26. The van der Waals surface area contributed by atoms with E-state index in [1.54, 1.807) is 11.8 Å². The molecule has 2 aromatic rings. The predicted molar refractivity (Wildman–Crippen MR) is 114 cm³/mol. The molecule has 28 heavy (non-hydrogen) atoms. The first-order valence-electron chi connectivity index (χ1n) is 10.3. The lowest BCUT2D eigenvalue weighted by Gasteiger charge is -2.24. The van der Waals surface area contributed by atoms with Gasteiger partial charge in [-0.2, -0.15) is 5.10 Å². The fraction of sp³-hybridized carbons (Fsp3) is 0.545. The van der Waals surface area contributed by atoms with Crippen molar-refractivity contribution in [3.8, 4) is 5.75 Å². The van der Waals surface area contributed by atoms with Crippen molar-refractivity contribution in [2.24, 2.45) is 0 Å². The summed E-state index contributed by atoms with van der Waals surface area (Å²) in [6, 6.07) is 8.67. The zero-order valence-corrected chi connectivity index (χ0v) is 17.7. The summed E-state index contributed by atoms with van der Waals surface area (Å²) in [6.45, 7) is 6.13. The number of benzene rings is 1. The number of nitrogens with zero attached hydrogens (tertiary/aromatic N) is 2. The van der Waals surface area contributed by atoms with E-state index in [4.69, 9.17) is 9.84 Å². The van der Waals surface area contributed by atoms with Gasteiger partial charge in [0, 0.05) is 5.56 Å². The number of nitrogens with one attached hydrogen (secondary N) is 1. The lowest BCUT2D eigenvalue weighted by atomic mass is 9.95. The van der Waals surface area contributed by atoms with Gasteiger partial charge in [-0.3, -0.25) is 4.79 Å². The topological polar surface area (TPSA) is 56.2 Å². The Balaban J connectivity index is 1.71. The molecule has 1 aliphatic carbocycles. The van der Waals surface area contributed by atoms with Crippen LogP contribution in [-0.2, 0) is 4.79 Å². The van der Waals surface area contributed by atoms with Gasteiger partial charge in [-0.25, -0.2) is 4.68 Å². The maximum absolute atomic E-state index is 12.4. The molecular formula is C22H29N3O2S. The standard InChI is InChI=1S/C22H29N3O2S/c1-14(2)27-18-11-9-16(10-12-18)21-20-15(3)24-25(17-7-5-4-6-8-17)22(20)23-19(26)13-28-21/h9-12,14,17,21H,4-8,13H2,1-3H3,(H,23,26). The Morgan fingerprint density at radius 2 is 1.89 bits per heavy atom. The van der Waals surface area contributed by atoms with Gasteiger partial charge < -0.3 is 10.1 Å². The second-order valence-corrected chi connectivity index (χ2v) is 9.15. The number of hydrogen-bond acceptors (Lipinski definition) is 4. The van der Waals surface area contributed by atoms with Gasteiger partial charge in [0.15, 0.2) is 0 Å². The van der Waals surface area contributed by atoms with Crippen LogP contribution >= 0.6 is 11.8 Å². The van der Waals surface area contributed by atoms with E-state index in [-0.39, 0.29) is 17.3 Å². The summed E-state index contributed by atoms with van der Waals surface area (Å²) in [5.74, 6) is 2.30. The van der Waals surface area contributed by atoms with Gasteiger partial charge in [-0.15, -0.1) is 11.8 Å². The minimum Gasteiger partial charge on any atom is -0.491 e. The first-order chi connectivity index (χ1) is 13.5. The van der Waals surface area contributed by atoms with Gasteiger partial charge in [0.05, 0.1) is 28.8 Å². The zero-order chi connectivity index (χ0) is 19.7. The van der Waals surface area contributed by atoms with Crippen LogP contribution in [0.3, 0.4) is 0 Å². The van der Waals surface area contributed by atoms with E-state index in [0.29, 0.717) is 11.8 Å². The maximum Gasteiger partial charge on any atom is 0.235 e. The van der Waals surface area contributed by atoms with Crippen molar-refractivity contribution < 1.29 is 9.53 Å². The molecule has 1 aromatic heterocycles. The smallest absolute Gasteiger partial charge is 0.235 e. The molecule has 1 atom stereocenters. The summed E-state index contributed by atoms with van der Waals surface area (Å²) in [7, 11) is 0. The van der Waals surface area contributed by atoms with Gasteiger partial charge in [-0.1, -0.05) is 31.4 Å². The molecule has 1 aromatic carbocycles. The molecule has 1 saturated carbocycles. The quantitative estimate of drug-likeness (QED) is 0.762. The predicted octanol–water partition coefficient (Wildman–Crippen LogP) is 5.26. The molecule has 2 heterocycles. The summed E-state index contributed by atoms with van der Waals surface area (Å²) in [5, 5.41) is 8.15. The third-order valence-corrected chi connectivity index (χ3v) is 6.78. The summed E-state index contributed by atoms with van der Waals surface area (Å²) >= 11 is 1.68. The minimum absolute atomic E-state index is 0.0606. The summed E-state index contributed by atoms with van der Waals surface area (Å²) < 4.78 is 7.89. The molecule has 0 spiro atoms. The molecule has 1 N–H and O–H groups in total. The average molecular weight is 400 g/mol. The molecule has 0 saturated heterocycles. The van der Waals surface area contributed by atoms with E-state index < -0.39 is 0 Å². The Labute approximate surface area is 171 Å². The van der Waals surface area contributed by atoms with Crippen LogP contribution < -0.4 is 10.1 Å². The third kappa shape index (κ3) is 3.93. The number of anilines is 1. The number of rotatable bonds is 4. The molecular weight excluding hydrogens is 370 g/mol. The van der Waals surface area contributed by atoms with Crippen LogP contribution in [0.25, 0.3) is 0 Å². The van der Waals surface area contributed by atoms with Crippen LogP contribution in [0.4, 0.5) is 5.82 Å². The van der Waals surface area contributed by atoms with Crippen molar-refractivity contribution in [3.63, 3.8) is 0 Å². The Bertz CT molecular complexity index is 838. The average Bonchev–Trinajstić information content (AvgIpc) is 2.89. The molecule has 0 radical (unpaired) electrons. The Morgan fingerprint density at radius 1 is 1.18 bits per heavy atom. The van der Waals surface area contributed by atoms with Crippen molar-refractivity contribution in [1.29, 1.82) is 0 Å². The lowest BCUT2D eigenvalue weighted by Crippen LogP contribution is -2.20. The number of aromatic nitrogens is 2. The number of aryl methyl sites for hydroxylation is 1. The van der Waals surface area contributed by atoms with Crippen molar-refractivity contribution in [2.45, 2.75) is 70.3 Å². The third-order valence-electron chi connectivity index (χ3n) is 5.51. The molecule has 4 rings (SSSR count). The highest BCUT2D eigenvalue weighted by Crippen LogP contribution is 2.45. The molecule has 1 aliphatic heterocycles. The van der Waals surface area contributed by atoms with E-state index in [0.717, 1.165) is 35.7 Å². The van der Waals surface area contributed by atoms with E-state index in [1.165, 1.54) is 24.8 Å². The molecule has 5 nitrogen and oxygen atoms in total. The number of hydrogen-bond donors (Lipinski definition) is 1. The molecule has 1 fully saturated rings. The second-order valence-electron chi connectivity index (χ2n) is 8.06. The fourth-order valence-corrected chi connectivity index (χ4v) is 5.44. The van der Waals surface area contributed by atoms with Gasteiger partial charge in [0.25, 0.3) is 0 Å². The molecule has 6 heteroatoms. The molecule has 1 unspecified atom stereocenters. The molecule has 0 bridgehead atoms. The van der Waals surface area contributed by atoms with Gasteiger partial charge in [0.2, 0.25) is 5.91 Å². The second kappa shape index (κ2) is 8.19. The highest BCUT2D eigenvalue weighted by molar-refractivity contribution is 8.00. The van der Waals surface area contributed by atoms with Crippen LogP contribution in [0.1, 0.15) is 74.1 Å². The van der Waals surface area contributed by atoms with Crippen LogP contribution in [-0.4, -0.2) is 27.5 Å². The van der Waals surface area contributed by atoms with Crippen molar-refractivity contribution in [2.75, 3.05) is 11.1 Å². The Kier molecular flexibility index (Phi) is 5.67. The van der Waals surface area contributed by atoms with Crippen molar-refractivity contribution in [3.05, 3.63) is 41.1 Å². The Morgan fingerprint density at radius 3 is 2.57 bits per heavy atom. The SMILES string of the molecule is Cc1nn(C2CCCCC2)c2c1C(c1ccc(OC(C)C)cc1)SCC(=O)N2. The highest BCUT2D eigenvalue weighted by atomic mass is 32.2. The molecule has 2 aliphatic rings. The van der Waals surface area contributed by atoms with Gasteiger partial charge in [-0.05, 0) is 51.3 Å². The number of ether oxygens (including phenoxy) is 1.